The number of amides is 4. The van der Waals surface area contributed by atoms with Crippen LogP contribution < -0.4 is 28.7 Å². The van der Waals surface area contributed by atoms with Gasteiger partial charge in [-0.25, -0.2) is 14.0 Å². The number of carbonyl (C=O) groups excluding carboxylic acids is 6. The minimum atomic E-state index is -0.0165. The van der Waals surface area contributed by atoms with Gasteiger partial charge >= 0.3 is 0 Å². The number of nitrogens with two attached hydrogens (primary N) is 5. The molecule has 7 saturated heterocycles. The number of anilines is 5. The van der Waals surface area contributed by atoms with Crippen molar-refractivity contribution in [2.75, 3.05) is 128 Å². The third-order valence-electron chi connectivity index (χ3n) is 27.0. The molecule has 11 aromatic rings. The molecule has 8 aliphatic heterocycles. The third-order valence-corrected chi connectivity index (χ3v) is 27.0. The van der Waals surface area contributed by atoms with Gasteiger partial charge < -0.3 is 62.6 Å². The van der Waals surface area contributed by atoms with E-state index in [1.807, 2.05) is 191 Å². The minimum Gasteiger partial charge on any atom is -0.397 e. The van der Waals surface area contributed by atoms with Gasteiger partial charge in [-0.15, -0.1) is 0 Å². The van der Waals surface area contributed by atoms with Crippen molar-refractivity contribution in [3.05, 3.63) is 258 Å². The maximum absolute atomic E-state index is 13.0. The summed E-state index contributed by atoms with van der Waals surface area (Å²) < 4.78 is 15.9. The molecule has 4 amide bonds. The second kappa shape index (κ2) is 41.4. The number of likely N-dealkylation sites (tertiary alicyclic amines) is 5. The summed E-state index contributed by atoms with van der Waals surface area (Å²) in [5, 5.41) is 13.6. The number of ketones is 2. The third kappa shape index (κ3) is 22.1. The maximum atomic E-state index is 13.0. The number of nitrogens with zero attached hydrogens (tertiary/aromatic N) is 14. The van der Waals surface area contributed by atoms with Gasteiger partial charge in [-0.2, -0.15) is 15.3 Å². The van der Waals surface area contributed by atoms with E-state index in [4.69, 9.17) is 38.1 Å². The summed E-state index contributed by atoms with van der Waals surface area (Å²) in [4.78, 5) is 96.7. The Hall–Kier alpha value is -12.7. The highest BCUT2D eigenvalue weighted by molar-refractivity contribution is 5.86. The van der Waals surface area contributed by atoms with E-state index in [1.54, 1.807) is 44.5 Å². The maximum Gasteiger partial charge on any atom is 0.229 e. The van der Waals surface area contributed by atoms with Gasteiger partial charge in [-0.3, -0.25) is 43.6 Å². The fraction of sp³-hybridized carbons (Fsp3) is 0.396. The lowest BCUT2D eigenvalue weighted by Crippen LogP contribution is -2.52. The van der Waals surface area contributed by atoms with Gasteiger partial charge in [0.2, 0.25) is 23.6 Å². The van der Waals surface area contributed by atoms with Gasteiger partial charge in [0.1, 0.15) is 11.6 Å². The Balaban J connectivity index is 0.000000118. The number of ether oxygens (including phenoxy) is 2. The lowest BCUT2D eigenvalue weighted by Gasteiger charge is -2.41. The van der Waals surface area contributed by atoms with Crippen LogP contribution in [0, 0.1) is 35.5 Å². The number of piperidine rings is 3. The molecule has 5 aromatic heterocycles. The van der Waals surface area contributed by atoms with Gasteiger partial charge in [0, 0.05) is 94.1 Å². The Morgan fingerprint density at radius 2 is 0.766 bits per heavy atom. The average Bonchev–Trinajstić information content (AvgIpc) is 1.60. The van der Waals surface area contributed by atoms with Crippen LogP contribution in [0.25, 0.3) is 39.6 Å². The number of carbonyl (C=O) groups is 6. The summed E-state index contributed by atoms with van der Waals surface area (Å²) in [6, 6.07) is 64.1. The fourth-order valence-electron chi connectivity index (χ4n) is 19.1. The number of para-hydroxylation sites is 3. The SMILES string of the molecule is CC(=O)N1CCC(C(=O)Cc2nc(-c3ccccc3)ccc2N)CC1.CN1CCC(c2ccc3c(c2)CN(C(=O)Cc2nn(-c4ccccc4)cc2N)C3)CC1.Nc1ccc(-c2ccccc2)nc1CC(=O)C1CCN(C2COC2)CC1.Nc1cn(-c2ccccc2)nc1CC(=O)N1CC2CCCC2C1.Nc1cn(-c2ccccc2)nc1CC(=O)N1CC2COCC2C1. The van der Waals surface area contributed by atoms with Crippen molar-refractivity contribution in [1.82, 2.24) is 68.7 Å². The first kappa shape index (κ1) is 88.7. The Bertz CT molecular complexity index is 5480. The smallest absolute Gasteiger partial charge is 0.229 e. The van der Waals surface area contributed by atoms with Crippen molar-refractivity contribution >= 4 is 63.6 Å². The summed E-state index contributed by atoms with van der Waals surface area (Å²) in [6.07, 6.45) is 16.3. The van der Waals surface area contributed by atoms with Gasteiger partial charge in [0.25, 0.3) is 0 Å². The molecule has 1 aliphatic carbocycles. The molecule has 128 heavy (non-hydrogen) atoms. The molecule has 4 unspecified atom stereocenters. The molecule has 0 bridgehead atoms. The number of nitrogen functional groups attached to an aromatic ring is 5. The molecular weight excluding hydrogens is 1610 g/mol. The van der Waals surface area contributed by atoms with Crippen molar-refractivity contribution in [3.63, 3.8) is 0 Å². The van der Waals surface area contributed by atoms with Crippen LogP contribution in [0.3, 0.4) is 0 Å². The zero-order chi connectivity index (χ0) is 88.7. The van der Waals surface area contributed by atoms with E-state index in [1.165, 1.54) is 48.8 Å². The molecule has 13 heterocycles. The van der Waals surface area contributed by atoms with E-state index in [9.17, 15) is 28.8 Å². The van der Waals surface area contributed by atoms with E-state index in [0.717, 1.165) is 156 Å². The average molecular weight is 1730 g/mol. The standard InChI is InChI=1S/C25H29N5O.C21H25N3O2.C20H23N3O2.C18H22N4O.C17H20N4O2/c1-28-11-9-18(10-12-28)19-7-8-20-15-29(16-21(20)13-19)25(31)14-24-23(26)17-30(27-24)22-5-3-2-4-6-22;22-18-6-7-19(15-4-2-1-3-5-15)23-20(18)12-21(25)16-8-10-24(11-9-16)17-13-26-14-17;1-14(24)23-11-9-16(10-12-23)20(25)13-19-17(21)7-8-18(22-19)15-5-3-2-4-6-15;19-16-12-22(15-7-2-1-3-8-15)20-17(16)9-18(23)21-10-13-5-4-6-14(13)11-21;18-15-9-21(14-4-2-1-3-5-14)19-16(15)6-17(22)20-7-12-10-23-11-13(12)8-20/h2-8,13,17-18H,9-12,14-16,26H2,1H3;1-7,16-17H,8-14,22H2;2-8,16H,9-13,21H2,1H3;1-3,7-8,12-14H,4-6,9-11,19H2;1-5,9,12-13H,6-8,10-11,18H2. The van der Waals surface area contributed by atoms with Gasteiger partial charge in [0.05, 0.1) is 169 Å². The molecule has 4 atom stereocenters. The van der Waals surface area contributed by atoms with Crippen molar-refractivity contribution in [3.8, 4) is 39.6 Å². The first-order valence-corrected chi connectivity index (χ1v) is 45.4. The lowest BCUT2D eigenvalue weighted by atomic mass is 9.88. The van der Waals surface area contributed by atoms with E-state index < -0.39 is 0 Å². The first-order valence-electron chi connectivity index (χ1n) is 45.4. The highest BCUT2D eigenvalue weighted by Crippen LogP contribution is 2.39. The molecule has 0 radical (unpaired) electrons. The van der Waals surface area contributed by atoms with Crippen LogP contribution in [0.4, 0.5) is 28.4 Å². The molecule has 27 heteroatoms. The molecule has 27 nitrogen and oxygen atoms in total. The molecule has 6 aromatic carbocycles. The van der Waals surface area contributed by atoms with Crippen molar-refractivity contribution in [2.45, 2.75) is 122 Å². The highest BCUT2D eigenvalue weighted by atomic mass is 16.5. The number of hydrogen-bond acceptors (Lipinski definition) is 20. The van der Waals surface area contributed by atoms with E-state index in [0.29, 0.717) is 120 Å². The topological polar surface area (TPSA) is 350 Å². The van der Waals surface area contributed by atoms with Crippen molar-refractivity contribution in [2.24, 2.45) is 35.5 Å². The molecule has 666 valence electrons. The summed E-state index contributed by atoms with van der Waals surface area (Å²) in [5.74, 6) is 4.00. The van der Waals surface area contributed by atoms with E-state index >= 15 is 0 Å². The van der Waals surface area contributed by atoms with Gasteiger partial charge in [-0.1, -0.05) is 140 Å². The summed E-state index contributed by atoms with van der Waals surface area (Å²) in [6.45, 7) is 15.2. The Kier molecular flexibility index (Phi) is 28.7. The second-order valence-corrected chi connectivity index (χ2v) is 35.7. The number of hydrogen-bond donors (Lipinski definition) is 5. The quantitative estimate of drug-likeness (QED) is 0.0502. The molecule has 1 saturated carbocycles. The van der Waals surface area contributed by atoms with Gasteiger partial charge in [-0.05, 0) is 180 Å². The normalized spacial score (nSPS) is 19.4. The predicted molar refractivity (Wildman–Crippen MR) is 496 cm³/mol. The number of rotatable bonds is 19. The molecular formula is C101H119N19O8. The van der Waals surface area contributed by atoms with Crippen LogP contribution in [-0.2, 0) is 83.4 Å². The predicted octanol–water partition coefficient (Wildman–Crippen LogP) is 12.0. The number of fused-ring (bicyclic) bond motifs is 3. The van der Waals surface area contributed by atoms with Gasteiger partial charge in [0.15, 0.2) is 0 Å². The number of aromatic nitrogens is 8. The van der Waals surface area contributed by atoms with Crippen molar-refractivity contribution in [1.29, 1.82) is 0 Å². The Labute approximate surface area is 748 Å². The molecule has 10 N–H and O–H groups in total. The van der Waals surface area contributed by atoms with Crippen LogP contribution in [0.1, 0.15) is 116 Å². The zero-order valence-electron chi connectivity index (χ0n) is 73.5. The number of Topliss-reactive ketones (excluding diaryl/α,β-unsaturated/α-hetero) is 2. The fourth-order valence-corrected chi connectivity index (χ4v) is 19.1. The highest BCUT2D eigenvalue weighted by Gasteiger charge is 2.41. The summed E-state index contributed by atoms with van der Waals surface area (Å²) in [5.41, 5.74) is 47.1. The van der Waals surface area contributed by atoms with E-state index in [2.05, 4.69) is 60.3 Å². The second-order valence-electron chi connectivity index (χ2n) is 35.7. The largest absolute Gasteiger partial charge is 0.397 e. The van der Waals surface area contributed by atoms with Crippen LogP contribution in [0.5, 0.6) is 0 Å². The molecule has 20 rings (SSSR count). The minimum absolute atomic E-state index is 0.0165. The summed E-state index contributed by atoms with van der Waals surface area (Å²) >= 11 is 0. The van der Waals surface area contributed by atoms with Crippen LogP contribution in [0.15, 0.2) is 213 Å². The Morgan fingerprint density at radius 1 is 0.375 bits per heavy atom. The van der Waals surface area contributed by atoms with Crippen LogP contribution >= 0.6 is 0 Å². The summed E-state index contributed by atoms with van der Waals surface area (Å²) in [7, 11) is 2.19. The van der Waals surface area contributed by atoms with E-state index in [-0.39, 0.29) is 66.3 Å². The Morgan fingerprint density at radius 3 is 1.18 bits per heavy atom. The molecule has 8 fully saturated rings. The monoisotopic (exact) mass is 1730 g/mol. The molecule has 9 aliphatic rings. The first-order chi connectivity index (χ1) is 62.2. The van der Waals surface area contributed by atoms with Crippen LogP contribution in [-0.4, -0.2) is 209 Å². The van der Waals surface area contributed by atoms with Crippen LogP contribution in [0.2, 0.25) is 0 Å². The number of pyridine rings is 2. The lowest BCUT2D eigenvalue weighted by molar-refractivity contribution is -0.133. The molecule has 0 spiro atoms. The zero-order valence-corrected chi connectivity index (χ0v) is 73.5. The number of benzene rings is 6. The van der Waals surface area contributed by atoms with Crippen molar-refractivity contribution < 1.29 is 38.2 Å².